The van der Waals surface area contributed by atoms with Gasteiger partial charge in [-0.1, -0.05) is 89.8 Å². The molecule has 0 aliphatic carbocycles. The molecule has 0 aliphatic heterocycles. The molecule has 6 heteroatoms. The van der Waals surface area contributed by atoms with Gasteiger partial charge in [-0.05, 0) is 50.5 Å². The predicted molar refractivity (Wildman–Crippen MR) is 243 cm³/mol. The van der Waals surface area contributed by atoms with Crippen LogP contribution in [-0.2, 0) is 26.5 Å². The predicted octanol–water partition coefficient (Wildman–Crippen LogP) is 13.5. The van der Waals surface area contributed by atoms with Gasteiger partial charge in [0.25, 0.3) is 0 Å². The fourth-order valence-corrected chi connectivity index (χ4v) is 12.4. The zero-order valence-corrected chi connectivity index (χ0v) is 38.1. The topological polar surface area (TPSA) is 30.7 Å². The minimum Gasteiger partial charge on any atom is -0.333 e. The van der Waals surface area contributed by atoms with Gasteiger partial charge in [-0.25, -0.2) is 0 Å². The first-order valence-corrected chi connectivity index (χ1v) is 27.6. The largest absolute Gasteiger partial charge is 0.333 e. The average Bonchev–Trinajstić information content (AvgIpc) is 3.78. The first-order chi connectivity index (χ1) is 27.2. The van der Waals surface area contributed by atoms with Gasteiger partial charge < -0.3 is 4.57 Å². The van der Waals surface area contributed by atoms with Crippen molar-refractivity contribution in [2.24, 2.45) is 5.92 Å². The summed E-state index contributed by atoms with van der Waals surface area (Å²) in [4.78, 5) is 9.97. The maximum Gasteiger partial charge on any atom is 0.0780 e. The molecule has 3 nitrogen and oxygen atoms in total. The van der Waals surface area contributed by atoms with Crippen molar-refractivity contribution in [1.29, 1.82) is 0 Å². The summed E-state index contributed by atoms with van der Waals surface area (Å²) in [5.74, 6) is 8.92. The minimum atomic E-state index is -1.86. The van der Waals surface area contributed by atoms with E-state index in [-0.39, 0.29) is 20.1 Å². The van der Waals surface area contributed by atoms with E-state index < -0.39 is 13.3 Å². The van der Waals surface area contributed by atoms with Gasteiger partial charge in [-0.15, -0.1) is 18.2 Å². The molecular weight excluding hydrogens is 951 g/mol. The summed E-state index contributed by atoms with van der Waals surface area (Å²) in [6, 6.07) is 58.2. The van der Waals surface area contributed by atoms with E-state index in [1.807, 2.05) is 35.6 Å². The van der Waals surface area contributed by atoms with Gasteiger partial charge in [-0.2, -0.15) is 11.3 Å². The molecule has 0 saturated carbocycles. The summed E-state index contributed by atoms with van der Waals surface area (Å²) in [5, 5.41) is 7.37. The Hall–Kier alpha value is -4.91. The van der Waals surface area contributed by atoms with Gasteiger partial charge in [0.1, 0.15) is 0 Å². The molecule has 57 heavy (non-hydrogen) atoms. The van der Waals surface area contributed by atoms with Gasteiger partial charge >= 0.3 is 126 Å². The fourth-order valence-electron chi connectivity index (χ4n) is 7.92. The Morgan fingerprint density at radius 1 is 0.684 bits per heavy atom. The number of rotatable bonds is 6. The quantitative estimate of drug-likeness (QED) is 0.123. The summed E-state index contributed by atoms with van der Waals surface area (Å²) in [5.41, 5.74) is 7.90. The minimum absolute atomic E-state index is 0. The summed E-state index contributed by atoms with van der Waals surface area (Å²) in [6.07, 6.45) is 3.27. The number of nitrogens with zero attached hydrogens (tertiary/aromatic N) is 3. The molecule has 7 aromatic carbocycles. The van der Waals surface area contributed by atoms with Crippen molar-refractivity contribution in [1.82, 2.24) is 14.5 Å². The van der Waals surface area contributed by atoms with Gasteiger partial charge in [0.2, 0.25) is 0 Å². The Balaban J connectivity index is 0.000000186. The van der Waals surface area contributed by atoms with Crippen molar-refractivity contribution in [3.63, 3.8) is 0 Å². The maximum atomic E-state index is 5.27. The molecule has 0 N–H and O–H groups in total. The van der Waals surface area contributed by atoms with E-state index in [0.29, 0.717) is 5.92 Å². The third kappa shape index (κ3) is 7.62. The van der Waals surface area contributed by atoms with E-state index in [4.69, 9.17) is 9.97 Å². The maximum absolute atomic E-state index is 5.27. The molecule has 0 spiro atoms. The number of fused-ring (bicyclic) bond motifs is 6. The monoisotopic (exact) mass is 996 g/mol. The molecule has 1 radical (unpaired) electrons. The number of benzene rings is 7. The van der Waals surface area contributed by atoms with Crippen LogP contribution < -0.4 is 4.40 Å². The van der Waals surface area contributed by atoms with E-state index in [2.05, 4.69) is 175 Å². The number of pyridine rings is 1. The molecule has 10 rings (SSSR count). The SMILES string of the molecule is CC(C)Cc1cc(-c2[c-]cccc2)nc[c]1[Ge]([CH3])([CH3])[CH3].[Ir].[c-]1ccc2c(sc3ccccc32)c1-c1nc2cc3ccccc3cc2n1-c1cccc2ccccc12. The Morgan fingerprint density at radius 2 is 1.39 bits per heavy atom. The number of thiophene rings is 1. The van der Waals surface area contributed by atoms with Crippen LogP contribution in [0.15, 0.2) is 152 Å². The zero-order chi connectivity index (χ0) is 38.4. The van der Waals surface area contributed by atoms with Gasteiger partial charge in [-0.3, -0.25) is 4.98 Å². The fraction of sp³-hybridized carbons (Fsp3) is 0.137. The van der Waals surface area contributed by atoms with E-state index >= 15 is 0 Å². The zero-order valence-electron chi connectivity index (χ0n) is 32.8. The van der Waals surface area contributed by atoms with E-state index in [1.165, 1.54) is 47.3 Å². The number of aromatic nitrogens is 3. The van der Waals surface area contributed by atoms with Crippen LogP contribution in [0.25, 0.3) is 81.1 Å². The summed E-state index contributed by atoms with van der Waals surface area (Å²) in [6.45, 7) is 4.57. The molecule has 0 amide bonds. The number of imidazole rings is 1. The Morgan fingerprint density at radius 3 is 2.14 bits per heavy atom. The van der Waals surface area contributed by atoms with Crippen LogP contribution in [0.1, 0.15) is 19.4 Å². The van der Waals surface area contributed by atoms with E-state index in [1.54, 1.807) is 4.40 Å². The first-order valence-electron chi connectivity index (χ1n) is 19.4. The molecule has 0 saturated heterocycles. The van der Waals surface area contributed by atoms with Crippen LogP contribution in [0.2, 0.25) is 17.3 Å². The first kappa shape index (κ1) is 38.9. The van der Waals surface area contributed by atoms with Crippen molar-refractivity contribution >= 4 is 81.7 Å². The number of hydrogen-bond acceptors (Lipinski definition) is 3. The average molecular weight is 995 g/mol. The molecule has 10 aromatic rings. The molecular formula is C51H43GeIrN3S-2. The van der Waals surface area contributed by atoms with Crippen LogP contribution >= 0.6 is 11.3 Å². The van der Waals surface area contributed by atoms with Crippen molar-refractivity contribution in [2.75, 3.05) is 0 Å². The second-order valence-electron chi connectivity index (χ2n) is 16.0. The molecule has 0 aliphatic rings. The van der Waals surface area contributed by atoms with Crippen LogP contribution in [0.3, 0.4) is 0 Å². The third-order valence-electron chi connectivity index (χ3n) is 10.5. The van der Waals surface area contributed by atoms with Crippen molar-refractivity contribution in [2.45, 2.75) is 37.5 Å². The van der Waals surface area contributed by atoms with Gasteiger partial charge in [0, 0.05) is 35.9 Å². The van der Waals surface area contributed by atoms with Crippen molar-refractivity contribution < 1.29 is 20.1 Å². The van der Waals surface area contributed by atoms with E-state index in [9.17, 15) is 0 Å². The summed E-state index contributed by atoms with van der Waals surface area (Å²) < 4.78 is 6.38. The summed E-state index contributed by atoms with van der Waals surface area (Å²) >= 11 is -0.0391. The smallest absolute Gasteiger partial charge is 0.0780 e. The third-order valence-corrected chi connectivity index (χ3v) is 16.0. The molecule has 0 atom stereocenters. The second kappa shape index (κ2) is 16.2. The molecule has 0 bridgehead atoms. The van der Waals surface area contributed by atoms with Crippen LogP contribution in [0.5, 0.6) is 0 Å². The van der Waals surface area contributed by atoms with Crippen LogP contribution in [-0.4, -0.2) is 27.8 Å². The molecule has 3 aromatic heterocycles. The van der Waals surface area contributed by atoms with Crippen molar-refractivity contribution in [3.8, 4) is 28.3 Å². The van der Waals surface area contributed by atoms with Crippen molar-refractivity contribution in [3.05, 3.63) is 169 Å². The Kier molecular flexibility index (Phi) is 11.0. The Bertz CT molecular complexity index is 3030. The van der Waals surface area contributed by atoms with Crippen LogP contribution in [0.4, 0.5) is 0 Å². The standard InChI is InChI=1S/C33H19N2S.C18H24GeN.Ir/c1-2-11-23-20-30-28(19-22(23)10-1)34-33(35(30)29-17-7-12-21-9-3-4-13-24(21)29)27-16-8-15-26-25-14-5-6-18-31(25)36-32(26)27;1-14(2)11-16-12-18(15-9-7-6-8-10-15)20-13-17(16)19(3,4)5;/h1-15,17-20H;6-9,12-14H,11H2,1-5H3;/q2*-1;. The molecule has 3 heterocycles. The van der Waals surface area contributed by atoms with Gasteiger partial charge in [0.05, 0.1) is 16.9 Å². The van der Waals surface area contributed by atoms with Crippen LogP contribution in [0, 0.1) is 18.1 Å². The Labute approximate surface area is 355 Å². The van der Waals surface area contributed by atoms with Gasteiger partial charge in [0.15, 0.2) is 0 Å². The normalized spacial score (nSPS) is 11.7. The molecule has 0 fully saturated rings. The van der Waals surface area contributed by atoms with E-state index in [0.717, 1.165) is 45.8 Å². The second-order valence-corrected chi connectivity index (χ2v) is 27.6. The molecule has 283 valence electrons. The number of hydrogen-bond donors (Lipinski definition) is 0. The molecule has 0 unspecified atom stereocenters. The summed E-state index contributed by atoms with van der Waals surface area (Å²) in [7, 11) is 0.